The van der Waals surface area contributed by atoms with Crippen LogP contribution in [0.15, 0.2) is 30.9 Å². The van der Waals surface area contributed by atoms with Crippen molar-refractivity contribution in [2.75, 3.05) is 0 Å². The molecule has 0 fully saturated rings. The zero-order chi connectivity index (χ0) is 11.5. The lowest BCUT2D eigenvalue weighted by Crippen LogP contribution is -1.96. The zero-order valence-electron chi connectivity index (χ0n) is 8.03. The molecule has 0 aliphatic carbocycles. The Bertz CT molecular complexity index is 565. The molecule has 16 heavy (non-hydrogen) atoms. The Kier molecular flexibility index (Phi) is 2.36. The predicted octanol–water partition coefficient (Wildman–Crippen LogP) is 0.837. The van der Waals surface area contributed by atoms with Crippen molar-refractivity contribution in [3.8, 4) is 11.8 Å². The van der Waals surface area contributed by atoms with Crippen LogP contribution in [0.1, 0.15) is 16.2 Å². The van der Waals surface area contributed by atoms with Gasteiger partial charge >= 0.3 is 5.97 Å². The van der Waals surface area contributed by atoms with E-state index in [1.165, 1.54) is 23.3 Å². The number of nitriles is 1. The number of pyridine rings is 1. The van der Waals surface area contributed by atoms with Crippen LogP contribution in [0.2, 0.25) is 0 Å². The Hall–Kier alpha value is -2.68. The fourth-order valence-corrected chi connectivity index (χ4v) is 1.18. The van der Waals surface area contributed by atoms with Gasteiger partial charge in [-0.3, -0.25) is 0 Å². The summed E-state index contributed by atoms with van der Waals surface area (Å²) in [6, 6.07) is 5.12. The van der Waals surface area contributed by atoms with Gasteiger partial charge in [0.2, 0.25) is 0 Å². The third kappa shape index (κ3) is 1.74. The van der Waals surface area contributed by atoms with Gasteiger partial charge in [0.05, 0.1) is 11.9 Å². The van der Waals surface area contributed by atoms with Crippen molar-refractivity contribution in [1.29, 1.82) is 5.26 Å². The molecule has 0 saturated carbocycles. The summed E-state index contributed by atoms with van der Waals surface area (Å²) in [4.78, 5) is 18.2. The smallest absolute Gasteiger partial charge is 0.356 e. The molecule has 0 aliphatic rings. The Labute approximate surface area is 90.4 Å². The maximum Gasteiger partial charge on any atom is 0.356 e. The van der Waals surface area contributed by atoms with Gasteiger partial charge in [-0.05, 0) is 12.1 Å². The van der Waals surface area contributed by atoms with Gasteiger partial charge in [-0.25, -0.2) is 14.8 Å². The molecular formula is C10H6N4O2. The van der Waals surface area contributed by atoms with Gasteiger partial charge in [0.15, 0.2) is 5.69 Å². The number of carboxylic acid groups (broad SMARTS) is 1. The van der Waals surface area contributed by atoms with Crippen LogP contribution in [0.3, 0.4) is 0 Å². The Morgan fingerprint density at radius 1 is 1.44 bits per heavy atom. The number of rotatable bonds is 2. The van der Waals surface area contributed by atoms with Crippen LogP contribution >= 0.6 is 0 Å². The normalized spacial score (nSPS) is 9.69. The lowest BCUT2D eigenvalue weighted by atomic mass is 10.3. The van der Waals surface area contributed by atoms with E-state index in [-0.39, 0.29) is 5.69 Å². The van der Waals surface area contributed by atoms with Crippen LogP contribution in [0.4, 0.5) is 0 Å². The first-order valence-corrected chi connectivity index (χ1v) is 4.34. The van der Waals surface area contributed by atoms with Crippen molar-refractivity contribution < 1.29 is 9.90 Å². The summed E-state index contributed by atoms with van der Waals surface area (Å²) >= 11 is 0. The minimum absolute atomic E-state index is 0.0376. The van der Waals surface area contributed by atoms with E-state index in [9.17, 15) is 4.79 Å². The summed E-state index contributed by atoms with van der Waals surface area (Å²) in [6.07, 6.45) is 4.24. The first-order chi connectivity index (χ1) is 7.70. The standard InChI is InChI=1S/C10H6N4O2/c11-3-7-1-2-8(4-12-7)14-5-9(10(15)16)13-6-14/h1-2,4-6H,(H,15,16). The van der Waals surface area contributed by atoms with E-state index in [1.54, 1.807) is 12.1 Å². The minimum atomic E-state index is -1.08. The summed E-state index contributed by atoms with van der Waals surface area (Å²) in [7, 11) is 0. The molecule has 0 atom stereocenters. The lowest BCUT2D eigenvalue weighted by Gasteiger charge is -1.99. The van der Waals surface area contributed by atoms with E-state index >= 15 is 0 Å². The molecule has 6 nitrogen and oxygen atoms in total. The van der Waals surface area contributed by atoms with E-state index in [4.69, 9.17) is 10.4 Å². The molecule has 78 valence electrons. The van der Waals surface area contributed by atoms with Crippen LogP contribution in [0, 0.1) is 11.3 Å². The average molecular weight is 214 g/mol. The number of carboxylic acids is 1. The molecule has 0 bridgehead atoms. The first-order valence-electron chi connectivity index (χ1n) is 4.34. The van der Waals surface area contributed by atoms with Gasteiger partial charge in [0.25, 0.3) is 0 Å². The lowest BCUT2D eigenvalue weighted by molar-refractivity contribution is 0.0691. The molecule has 2 aromatic heterocycles. The van der Waals surface area contributed by atoms with Crippen LogP contribution in [-0.2, 0) is 0 Å². The van der Waals surface area contributed by atoms with Crippen LogP contribution < -0.4 is 0 Å². The van der Waals surface area contributed by atoms with Gasteiger partial charge in [-0.1, -0.05) is 0 Å². The Morgan fingerprint density at radius 3 is 2.75 bits per heavy atom. The SMILES string of the molecule is N#Cc1ccc(-n2cnc(C(=O)O)c2)cn1. The van der Waals surface area contributed by atoms with Gasteiger partial charge < -0.3 is 9.67 Å². The maximum atomic E-state index is 10.6. The average Bonchev–Trinajstić information content (AvgIpc) is 2.78. The molecule has 0 aromatic carbocycles. The molecule has 0 aliphatic heterocycles. The highest BCUT2D eigenvalue weighted by Gasteiger charge is 2.07. The van der Waals surface area contributed by atoms with Crippen molar-refractivity contribution in [3.63, 3.8) is 0 Å². The molecule has 0 spiro atoms. The van der Waals surface area contributed by atoms with Gasteiger partial charge in [-0.15, -0.1) is 0 Å². The fraction of sp³-hybridized carbons (Fsp3) is 0. The summed E-state index contributed by atoms with van der Waals surface area (Å²) < 4.78 is 1.53. The second kappa shape index (κ2) is 3.82. The molecule has 0 unspecified atom stereocenters. The molecule has 1 N–H and O–H groups in total. The van der Waals surface area contributed by atoms with E-state index in [0.29, 0.717) is 11.4 Å². The third-order valence-electron chi connectivity index (χ3n) is 1.96. The predicted molar refractivity (Wildman–Crippen MR) is 53.0 cm³/mol. The summed E-state index contributed by atoms with van der Waals surface area (Å²) in [5.41, 5.74) is 0.922. The Balaban J connectivity index is 2.36. The number of aromatic carboxylic acids is 1. The molecule has 0 radical (unpaired) electrons. The first kappa shape index (κ1) is 9.86. The monoisotopic (exact) mass is 214 g/mol. The van der Waals surface area contributed by atoms with E-state index < -0.39 is 5.97 Å². The van der Waals surface area contributed by atoms with Gasteiger partial charge in [-0.2, -0.15) is 5.26 Å². The van der Waals surface area contributed by atoms with Crippen molar-refractivity contribution >= 4 is 5.97 Å². The molecule has 2 aromatic rings. The molecule has 0 saturated heterocycles. The number of nitrogens with zero attached hydrogens (tertiary/aromatic N) is 4. The number of aromatic nitrogens is 3. The van der Waals surface area contributed by atoms with Gasteiger partial charge in [0, 0.05) is 6.20 Å². The number of hydrogen-bond acceptors (Lipinski definition) is 4. The minimum Gasteiger partial charge on any atom is -0.476 e. The third-order valence-corrected chi connectivity index (χ3v) is 1.96. The van der Waals surface area contributed by atoms with E-state index in [1.807, 2.05) is 6.07 Å². The second-order valence-electron chi connectivity index (χ2n) is 2.98. The van der Waals surface area contributed by atoms with E-state index in [0.717, 1.165) is 0 Å². The fourth-order valence-electron chi connectivity index (χ4n) is 1.18. The maximum absolute atomic E-state index is 10.6. The quantitative estimate of drug-likeness (QED) is 0.799. The molecule has 2 rings (SSSR count). The number of carbonyl (C=O) groups is 1. The van der Waals surface area contributed by atoms with Gasteiger partial charge in [0.1, 0.15) is 18.1 Å². The topological polar surface area (TPSA) is 91.8 Å². The summed E-state index contributed by atoms with van der Waals surface area (Å²) in [5, 5.41) is 17.3. The largest absolute Gasteiger partial charge is 0.476 e. The van der Waals surface area contributed by atoms with Crippen LogP contribution in [0.25, 0.3) is 5.69 Å². The van der Waals surface area contributed by atoms with Crippen molar-refractivity contribution in [2.45, 2.75) is 0 Å². The second-order valence-corrected chi connectivity index (χ2v) is 2.98. The van der Waals surface area contributed by atoms with Crippen molar-refractivity contribution in [2.24, 2.45) is 0 Å². The molecule has 0 amide bonds. The molecule has 2 heterocycles. The summed E-state index contributed by atoms with van der Waals surface area (Å²) in [5.74, 6) is -1.08. The molecule has 6 heteroatoms. The molecular weight excluding hydrogens is 208 g/mol. The van der Waals surface area contributed by atoms with Crippen molar-refractivity contribution in [3.05, 3.63) is 42.2 Å². The van der Waals surface area contributed by atoms with Crippen LogP contribution in [-0.4, -0.2) is 25.6 Å². The highest BCUT2D eigenvalue weighted by Crippen LogP contribution is 2.07. The highest BCUT2D eigenvalue weighted by molar-refractivity contribution is 5.85. The summed E-state index contributed by atoms with van der Waals surface area (Å²) in [6.45, 7) is 0. The Morgan fingerprint density at radius 2 is 2.25 bits per heavy atom. The van der Waals surface area contributed by atoms with Crippen molar-refractivity contribution in [1.82, 2.24) is 14.5 Å². The highest BCUT2D eigenvalue weighted by atomic mass is 16.4. The van der Waals surface area contributed by atoms with Crippen LogP contribution in [0.5, 0.6) is 0 Å². The van der Waals surface area contributed by atoms with E-state index in [2.05, 4.69) is 9.97 Å². The zero-order valence-corrected chi connectivity index (χ0v) is 8.03. The number of hydrogen-bond donors (Lipinski definition) is 1. The number of imidazole rings is 1.